The summed E-state index contributed by atoms with van der Waals surface area (Å²) in [5.74, 6) is 4.76. The van der Waals surface area contributed by atoms with E-state index in [9.17, 15) is 9.18 Å². The molecule has 0 spiro atoms. The number of carboxylic acid groups (broad SMARTS) is 1. The molecule has 1 aromatic heterocycles. The first-order chi connectivity index (χ1) is 14.4. The molecule has 30 heavy (non-hydrogen) atoms. The molecule has 0 saturated heterocycles. The van der Waals surface area contributed by atoms with Crippen molar-refractivity contribution in [2.75, 3.05) is 5.73 Å². The third-order valence-corrected chi connectivity index (χ3v) is 5.06. The third-order valence-electron chi connectivity index (χ3n) is 5.06. The van der Waals surface area contributed by atoms with Gasteiger partial charge in [0.25, 0.3) is 0 Å². The van der Waals surface area contributed by atoms with Crippen molar-refractivity contribution in [3.05, 3.63) is 87.9 Å². The molecule has 0 saturated carbocycles. The van der Waals surface area contributed by atoms with E-state index in [0.29, 0.717) is 11.4 Å². The van der Waals surface area contributed by atoms with Crippen molar-refractivity contribution in [2.24, 2.45) is 0 Å². The molecule has 2 aromatic rings. The van der Waals surface area contributed by atoms with Crippen LogP contribution in [0, 0.1) is 17.7 Å². The lowest BCUT2D eigenvalue weighted by molar-refractivity contribution is 0.0692. The summed E-state index contributed by atoms with van der Waals surface area (Å²) in [6.07, 6.45) is 8.12. The van der Waals surface area contributed by atoms with E-state index in [2.05, 4.69) is 30.7 Å². The number of benzene rings is 1. The van der Waals surface area contributed by atoms with Crippen molar-refractivity contribution in [3.8, 4) is 11.8 Å². The number of hydrogen-bond acceptors (Lipinski definition) is 3. The number of rotatable bonds is 4. The summed E-state index contributed by atoms with van der Waals surface area (Å²) in [5, 5.41) is 9.13. The summed E-state index contributed by atoms with van der Waals surface area (Å²) in [4.78, 5) is 15.3. The molecule has 152 valence electrons. The van der Waals surface area contributed by atoms with Gasteiger partial charge in [0, 0.05) is 17.3 Å². The molecule has 0 aliphatic heterocycles. The number of carboxylic acids is 1. The number of aromatic carboxylic acids is 1. The number of halogens is 1. The molecule has 3 N–H and O–H groups in total. The predicted octanol–water partition coefficient (Wildman–Crippen LogP) is 5.38. The Morgan fingerprint density at radius 3 is 2.57 bits per heavy atom. The molecule has 0 amide bonds. The second kappa shape index (κ2) is 9.23. The standard InChI is InChI=1S/C25H23FN2O2/c1-3-16-5-9-21(19-8-11-22(25(29)30)23(26)14-19)20(18(4-2)13-16)10-6-17-7-12-24(27)28-15-17/h5,7-9,11-12,14-15H,3-4,13H2,1-2H3,(H2,27,28)(H,29,30). The number of carbonyl (C=O) groups is 1. The van der Waals surface area contributed by atoms with Crippen molar-refractivity contribution in [1.29, 1.82) is 0 Å². The lowest BCUT2D eigenvalue weighted by atomic mass is 9.91. The largest absolute Gasteiger partial charge is 0.478 e. The van der Waals surface area contributed by atoms with E-state index in [0.717, 1.165) is 41.5 Å². The zero-order valence-corrected chi connectivity index (χ0v) is 17.0. The summed E-state index contributed by atoms with van der Waals surface area (Å²) in [6.45, 7) is 4.18. The first kappa shape index (κ1) is 21.1. The van der Waals surface area contributed by atoms with Gasteiger partial charge in [-0.05, 0) is 54.7 Å². The quantitative estimate of drug-likeness (QED) is 0.673. The third kappa shape index (κ3) is 4.66. The van der Waals surface area contributed by atoms with Crippen LogP contribution >= 0.6 is 0 Å². The van der Waals surface area contributed by atoms with E-state index in [-0.39, 0.29) is 5.56 Å². The lowest BCUT2D eigenvalue weighted by Crippen LogP contribution is -2.02. The monoisotopic (exact) mass is 402 g/mol. The Hall–Kier alpha value is -3.65. The van der Waals surface area contributed by atoms with Gasteiger partial charge in [-0.1, -0.05) is 55.1 Å². The van der Waals surface area contributed by atoms with Gasteiger partial charge in [-0.2, -0.15) is 0 Å². The fourth-order valence-corrected chi connectivity index (χ4v) is 3.31. The van der Waals surface area contributed by atoms with Crippen LogP contribution in [-0.2, 0) is 0 Å². The lowest BCUT2D eigenvalue weighted by Gasteiger charge is -2.13. The van der Waals surface area contributed by atoms with Crippen LogP contribution in [0.2, 0.25) is 0 Å². The Kier molecular flexibility index (Phi) is 6.48. The normalized spacial score (nSPS) is 13.7. The van der Waals surface area contributed by atoms with E-state index in [1.54, 1.807) is 24.4 Å². The molecule has 0 fully saturated rings. The Morgan fingerprint density at radius 1 is 1.17 bits per heavy atom. The fraction of sp³-hybridized carbons (Fsp3) is 0.200. The molecule has 4 nitrogen and oxygen atoms in total. The maximum absolute atomic E-state index is 14.4. The number of nitrogen functional groups attached to an aromatic ring is 1. The highest BCUT2D eigenvalue weighted by Crippen LogP contribution is 2.34. The Balaban J connectivity index is 2.14. The van der Waals surface area contributed by atoms with Gasteiger partial charge in [0.05, 0.1) is 5.56 Å². The average Bonchev–Trinajstić information content (AvgIpc) is 2.92. The zero-order valence-electron chi connectivity index (χ0n) is 17.0. The Bertz CT molecular complexity index is 1130. The van der Waals surface area contributed by atoms with Crippen molar-refractivity contribution >= 4 is 17.4 Å². The molecular formula is C25H23FN2O2. The van der Waals surface area contributed by atoms with E-state index in [1.165, 1.54) is 17.7 Å². The van der Waals surface area contributed by atoms with Gasteiger partial charge in [0.1, 0.15) is 11.6 Å². The maximum Gasteiger partial charge on any atom is 0.338 e. The highest BCUT2D eigenvalue weighted by Gasteiger charge is 2.18. The highest BCUT2D eigenvalue weighted by molar-refractivity contribution is 5.91. The van der Waals surface area contributed by atoms with Crippen LogP contribution in [0.5, 0.6) is 0 Å². The van der Waals surface area contributed by atoms with Crippen LogP contribution in [-0.4, -0.2) is 16.1 Å². The zero-order chi connectivity index (χ0) is 21.7. The molecule has 1 aliphatic rings. The summed E-state index contributed by atoms with van der Waals surface area (Å²) in [7, 11) is 0. The summed E-state index contributed by atoms with van der Waals surface area (Å²) < 4.78 is 14.4. The summed E-state index contributed by atoms with van der Waals surface area (Å²) >= 11 is 0. The van der Waals surface area contributed by atoms with Crippen LogP contribution < -0.4 is 5.73 Å². The SMILES string of the molecule is CCC1=CC=C(c2ccc(C(=O)O)c(F)c2)C(C#Cc2ccc(N)nc2)=C(CC)C1. The number of allylic oxidation sites excluding steroid dienone is 6. The topological polar surface area (TPSA) is 76.2 Å². The van der Waals surface area contributed by atoms with Gasteiger partial charge in [-0.15, -0.1) is 0 Å². The van der Waals surface area contributed by atoms with Crippen molar-refractivity contribution < 1.29 is 14.3 Å². The van der Waals surface area contributed by atoms with E-state index < -0.39 is 11.8 Å². The molecule has 5 heteroatoms. The van der Waals surface area contributed by atoms with Crippen LogP contribution in [0.4, 0.5) is 10.2 Å². The first-order valence-corrected chi connectivity index (χ1v) is 9.81. The van der Waals surface area contributed by atoms with Gasteiger partial charge in [-0.25, -0.2) is 14.2 Å². The number of nitrogens with two attached hydrogens (primary N) is 1. The molecule has 1 heterocycles. The van der Waals surface area contributed by atoms with Gasteiger partial charge >= 0.3 is 5.97 Å². The predicted molar refractivity (Wildman–Crippen MR) is 117 cm³/mol. The Labute approximate surface area is 175 Å². The minimum atomic E-state index is -1.29. The number of hydrogen-bond donors (Lipinski definition) is 2. The van der Waals surface area contributed by atoms with Gasteiger partial charge in [0.2, 0.25) is 0 Å². The molecule has 0 radical (unpaired) electrons. The molecule has 1 aliphatic carbocycles. The van der Waals surface area contributed by atoms with Gasteiger partial charge < -0.3 is 10.8 Å². The maximum atomic E-state index is 14.4. The van der Waals surface area contributed by atoms with Crippen LogP contribution in [0.1, 0.15) is 54.6 Å². The van der Waals surface area contributed by atoms with Gasteiger partial charge in [-0.3, -0.25) is 0 Å². The number of nitrogens with zero attached hydrogens (tertiary/aromatic N) is 1. The molecule has 1 aromatic carbocycles. The molecule has 0 bridgehead atoms. The number of aromatic nitrogens is 1. The van der Waals surface area contributed by atoms with Crippen molar-refractivity contribution in [1.82, 2.24) is 4.98 Å². The molecular weight excluding hydrogens is 379 g/mol. The molecule has 0 unspecified atom stereocenters. The first-order valence-electron chi connectivity index (χ1n) is 9.81. The number of pyridine rings is 1. The minimum Gasteiger partial charge on any atom is -0.478 e. The minimum absolute atomic E-state index is 0.349. The van der Waals surface area contributed by atoms with Gasteiger partial charge in [0.15, 0.2) is 0 Å². The van der Waals surface area contributed by atoms with Crippen LogP contribution in [0.3, 0.4) is 0 Å². The molecule has 3 rings (SSSR count). The van der Waals surface area contributed by atoms with Crippen molar-refractivity contribution in [3.63, 3.8) is 0 Å². The summed E-state index contributed by atoms with van der Waals surface area (Å²) in [5.41, 5.74) is 10.6. The van der Waals surface area contributed by atoms with Crippen molar-refractivity contribution in [2.45, 2.75) is 33.1 Å². The van der Waals surface area contributed by atoms with Crippen LogP contribution in [0.25, 0.3) is 5.57 Å². The smallest absolute Gasteiger partial charge is 0.338 e. The second-order valence-corrected chi connectivity index (χ2v) is 6.99. The van der Waals surface area contributed by atoms with Crippen LogP contribution in [0.15, 0.2) is 65.4 Å². The van der Waals surface area contributed by atoms with E-state index in [1.807, 2.05) is 12.2 Å². The number of anilines is 1. The van der Waals surface area contributed by atoms with E-state index >= 15 is 0 Å². The summed E-state index contributed by atoms with van der Waals surface area (Å²) in [6, 6.07) is 7.69. The highest BCUT2D eigenvalue weighted by atomic mass is 19.1. The second-order valence-electron chi connectivity index (χ2n) is 6.99. The Morgan fingerprint density at radius 2 is 1.97 bits per heavy atom. The fourth-order valence-electron chi connectivity index (χ4n) is 3.31. The van der Waals surface area contributed by atoms with E-state index in [4.69, 9.17) is 10.8 Å². The average molecular weight is 402 g/mol. The molecule has 0 atom stereocenters.